The first-order valence-corrected chi connectivity index (χ1v) is 29.5. The van der Waals surface area contributed by atoms with Gasteiger partial charge in [0.15, 0.2) is 18.5 Å². The van der Waals surface area contributed by atoms with Crippen LogP contribution in [0.1, 0.15) is 272 Å². The van der Waals surface area contributed by atoms with Crippen LogP contribution in [0, 0.1) is 11.8 Å². The number of nitrogens with zero attached hydrogens (tertiary/aromatic N) is 1. The highest BCUT2D eigenvalue weighted by atomic mass is 16.8. The topological polar surface area (TPSA) is 127 Å². The van der Waals surface area contributed by atoms with Crippen molar-refractivity contribution in [3.05, 3.63) is 0 Å². The fourth-order valence-corrected chi connectivity index (χ4v) is 9.89. The third-order valence-corrected chi connectivity index (χ3v) is 14.5. The van der Waals surface area contributed by atoms with Gasteiger partial charge in [0.25, 0.3) is 0 Å². The lowest BCUT2D eigenvalue weighted by Gasteiger charge is -2.20. The molecule has 5 unspecified atom stereocenters. The maximum absolute atomic E-state index is 13.4. The number of carbonyl (C=O) groups is 4. The molecule has 0 amide bonds. The molecule has 0 bridgehead atoms. The quantitative estimate of drug-likeness (QED) is 0.0328. The van der Waals surface area contributed by atoms with E-state index in [1.54, 1.807) is 0 Å². The van der Waals surface area contributed by atoms with Gasteiger partial charge in [0.1, 0.15) is 0 Å². The van der Waals surface area contributed by atoms with E-state index in [1.165, 1.54) is 116 Å². The Bertz CT molecular complexity index is 1180. The summed E-state index contributed by atoms with van der Waals surface area (Å²) in [6, 6.07) is 0.613. The summed E-state index contributed by atoms with van der Waals surface area (Å²) in [6.07, 6.45) is 35.9. The van der Waals surface area contributed by atoms with E-state index in [1.807, 2.05) is 0 Å². The molecule has 404 valence electrons. The van der Waals surface area contributed by atoms with E-state index in [0.717, 1.165) is 116 Å². The second-order valence-corrected chi connectivity index (χ2v) is 20.8. The van der Waals surface area contributed by atoms with Crippen LogP contribution in [-0.2, 0) is 47.6 Å². The second kappa shape index (κ2) is 43.4. The number of carbonyl (C=O) groups excluding carboxylic acids is 4. The molecule has 2 aliphatic rings. The third-order valence-electron chi connectivity index (χ3n) is 14.5. The predicted molar refractivity (Wildman–Crippen MR) is 279 cm³/mol. The van der Waals surface area contributed by atoms with Crippen molar-refractivity contribution in [1.29, 1.82) is 0 Å². The van der Waals surface area contributed by atoms with E-state index < -0.39 is 30.4 Å². The monoisotopic (exact) mass is 978 g/mol. The summed E-state index contributed by atoms with van der Waals surface area (Å²) < 4.78 is 35.0. The van der Waals surface area contributed by atoms with Crippen LogP contribution in [0.5, 0.6) is 0 Å². The average molecular weight is 978 g/mol. The minimum Gasteiger partial charge on any atom is -0.465 e. The number of hydrogen-bond acceptors (Lipinski definition) is 11. The Morgan fingerprint density at radius 3 is 1.17 bits per heavy atom. The number of ether oxygens (including phenoxy) is 6. The minimum atomic E-state index is -1.17. The van der Waals surface area contributed by atoms with Crippen molar-refractivity contribution < 1.29 is 47.6 Å². The van der Waals surface area contributed by atoms with Crippen LogP contribution in [0.3, 0.4) is 0 Å². The van der Waals surface area contributed by atoms with Crippen LogP contribution in [0.2, 0.25) is 0 Å². The van der Waals surface area contributed by atoms with Gasteiger partial charge in [-0.2, -0.15) is 0 Å². The Morgan fingerprint density at radius 2 is 0.797 bits per heavy atom. The lowest BCUT2D eigenvalue weighted by atomic mass is 9.94. The minimum absolute atomic E-state index is 0.00504. The Kier molecular flexibility index (Phi) is 39.5. The van der Waals surface area contributed by atoms with E-state index in [2.05, 4.69) is 39.5 Å². The lowest BCUT2D eigenvalue weighted by molar-refractivity contribution is -0.163. The molecule has 0 saturated carbocycles. The fraction of sp³-hybridized carbons (Fsp3) is 0.931. The second-order valence-electron chi connectivity index (χ2n) is 20.8. The highest BCUT2D eigenvalue weighted by molar-refractivity contribution is 5.86. The van der Waals surface area contributed by atoms with Gasteiger partial charge in [-0.15, -0.1) is 0 Å². The molecule has 0 radical (unpaired) electrons. The molecule has 2 aliphatic heterocycles. The first-order valence-electron chi connectivity index (χ1n) is 29.5. The largest absolute Gasteiger partial charge is 0.465 e. The summed E-state index contributed by atoms with van der Waals surface area (Å²) in [6.45, 7) is 14.6. The lowest BCUT2D eigenvalue weighted by Crippen LogP contribution is -2.39. The molecule has 69 heavy (non-hydrogen) atoms. The Labute approximate surface area is 423 Å². The maximum Gasteiger partial charge on any atom is 0.338 e. The summed E-state index contributed by atoms with van der Waals surface area (Å²) in [7, 11) is 0. The van der Waals surface area contributed by atoms with Gasteiger partial charge in [0.2, 0.25) is 0 Å². The number of rotatable bonds is 47. The van der Waals surface area contributed by atoms with Gasteiger partial charge in [-0.25, -0.2) is 9.59 Å². The molecule has 0 spiro atoms. The maximum atomic E-state index is 13.4. The number of hydrogen-bond donors (Lipinski definition) is 0. The normalized spacial score (nSPS) is 19.1. The molecule has 0 N–H and O–H groups in total. The van der Waals surface area contributed by atoms with Crippen molar-refractivity contribution in [1.82, 2.24) is 4.90 Å². The first kappa shape index (κ1) is 62.9. The molecule has 0 aromatic rings. The average Bonchev–Trinajstić information content (AvgIpc) is 3.98. The zero-order valence-electron chi connectivity index (χ0n) is 45.4. The van der Waals surface area contributed by atoms with Gasteiger partial charge in [-0.05, 0) is 129 Å². The van der Waals surface area contributed by atoms with E-state index in [0.29, 0.717) is 38.5 Å². The molecule has 2 heterocycles. The summed E-state index contributed by atoms with van der Waals surface area (Å²) in [5.41, 5.74) is 0. The Hall–Kier alpha value is -2.24. The van der Waals surface area contributed by atoms with Crippen molar-refractivity contribution in [2.45, 2.75) is 297 Å². The van der Waals surface area contributed by atoms with Crippen LogP contribution in [-0.4, -0.2) is 92.8 Å². The van der Waals surface area contributed by atoms with Crippen LogP contribution < -0.4 is 0 Å². The SMILES string of the molecule is CCCCCCCCC(CCCCCC)C(=O)OCCCCCCOC(=O)C1OC(CCCCN2CCCC2C)OC1C(=O)OCCCCCCOC(=O)C(CCCCCC)CCCCCCCC. The molecule has 2 saturated heterocycles. The summed E-state index contributed by atoms with van der Waals surface area (Å²) in [4.78, 5) is 55.4. The van der Waals surface area contributed by atoms with Crippen molar-refractivity contribution in [2.24, 2.45) is 11.8 Å². The molecule has 5 atom stereocenters. The highest BCUT2D eigenvalue weighted by Crippen LogP contribution is 2.27. The zero-order valence-corrected chi connectivity index (χ0v) is 45.4. The van der Waals surface area contributed by atoms with Crippen LogP contribution in [0.15, 0.2) is 0 Å². The molecule has 2 fully saturated rings. The van der Waals surface area contributed by atoms with Gasteiger partial charge >= 0.3 is 23.9 Å². The van der Waals surface area contributed by atoms with Crippen molar-refractivity contribution in [2.75, 3.05) is 39.5 Å². The Balaban J connectivity index is 1.75. The number of likely N-dealkylation sites (tertiary alicyclic amines) is 1. The van der Waals surface area contributed by atoms with E-state index >= 15 is 0 Å². The first-order chi connectivity index (χ1) is 33.7. The van der Waals surface area contributed by atoms with E-state index in [-0.39, 0.29) is 37.0 Å². The molecule has 0 aromatic carbocycles. The van der Waals surface area contributed by atoms with Gasteiger partial charge in [-0.1, -0.05) is 156 Å². The predicted octanol–water partition coefficient (Wildman–Crippen LogP) is 14.7. The molecular formula is C58H107NO10. The Morgan fingerprint density at radius 1 is 0.449 bits per heavy atom. The highest BCUT2D eigenvalue weighted by Gasteiger charge is 2.47. The van der Waals surface area contributed by atoms with E-state index in [4.69, 9.17) is 28.4 Å². The van der Waals surface area contributed by atoms with Crippen LogP contribution >= 0.6 is 0 Å². The van der Waals surface area contributed by atoms with Crippen molar-refractivity contribution in [3.8, 4) is 0 Å². The summed E-state index contributed by atoms with van der Waals surface area (Å²) in [5.74, 6) is -1.26. The van der Waals surface area contributed by atoms with Gasteiger partial charge < -0.3 is 33.3 Å². The van der Waals surface area contributed by atoms with Crippen LogP contribution in [0.25, 0.3) is 0 Å². The van der Waals surface area contributed by atoms with Gasteiger partial charge in [0.05, 0.1) is 38.3 Å². The van der Waals surface area contributed by atoms with Gasteiger partial charge in [-0.3, -0.25) is 9.59 Å². The third kappa shape index (κ3) is 31.1. The molecule has 2 rings (SSSR count). The number of esters is 4. The van der Waals surface area contributed by atoms with Crippen LogP contribution in [0.4, 0.5) is 0 Å². The zero-order chi connectivity index (χ0) is 50.0. The smallest absolute Gasteiger partial charge is 0.338 e. The molecule has 11 heteroatoms. The molecule has 11 nitrogen and oxygen atoms in total. The van der Waals surface area contributed by atoms with Gasteiger partial charge in [0, 0.05) is 6.04 Å². The summed E-state index contributed by atoms with van der Waals surface area (Å²) >= 11 is 0. The fourth-order valence-electron chi connectivity index (χ4n) is 9.89. The molecule has 0 aliphatic carbocycles. The molecular weight excluding hydrogens is 871 g/mol. The van der Waals surface area contributed by atoms with E-state index in [9.17, 15) is 19.2 Å². The summed E-state index contributed by atoms with van der Waals surface area (Å²) in [5, 5.41) is 0. The number of unbranched alkanes of at least 4 members (excludes halogenated alkanes) is 23. The standard InChI is InChI=1S/C58H107NO10/c1-6-10-14-18-20-28-40-50(38-26-16-12-8-3)55(60)64-45-32-22-24-34-47-66-57(62)53-54(69-52(68-53)42-30-31-43-59-44-36-37-49(59)5)58(63)67-48-35-25-23-33-46-65-56(61)51(39-27-17-13-9-4)41-29-21-19-15-11-7-2/h49-54H,6-48H2,1-5H3. The van der Waals surface area contributed by atoms with Crippen molar-refractivity contribution >= 4 is 23.9 Å². The molecule has 0 aromatic heterocycles. The van der Waals surface area contributed by atoms with Crippen molar-refractivity contribution in [3.63, 3.8) is 0 Å².